The Balaban J connectivity index is 1.74. The van der Waals surface area contributed by atoms with Gasteiger partial charge in [-0.05, 0) is 18.2 Å². The topological polar surface area (TPSA) is 43.9 Å². The summed E-state index contributed by atoms with van der Waals surface area (Å²) >= 11 is 0. The number of carbonyl (C=O) groups is 2. The van der Waals surface area contributed by atoms with Crippen molar-refractivity contribution in [1.82, 2.24) is 14.7 Å². The molecule has 0 unspecified atom stereocenters. The average molecular weight is 365 g/mol. The first-order chi connectivity index (χ1) is 13.1. The first kappa shape index (κ1) is 19.1. The molecule has 0 radical (unpaired) electrons. The molecular formula is C22H27N3O2. The van der Waals surface area contributed by atoms with Crippen LogP contribution in [0.4, 0.5) is 0 Å². The Labute approximate surface area is 161 Å². The second-order valence-electron chi connectivity index (χ2n) is 7.13. The lowest BCUT2D eigenvalue weighted by Gasteiger charge is -2.34. The number of likely N-dealkylation sites (N-methyl/N-ethyl adjacent to an activating group) is 2. The number of rotatable bonds is 5. The highest BCUT2D eigenvalue weighted by Gasteiger charge is 2.28. The zero-order valence-corrected chi connectivity index (χ0v) is 16.0. The molecule has 3 rings (SSSR count). The van der Waals surface area contributed by atoms with Gasteiger partial charge in [-0.2, -0.15) is 0 Å². The van der Waals surface area contributed by atoms with Crippen LogP contribution in [0.15, 0.2) is 60.7 Å². The van der Waals surface area contributed by atoms with Crippen LogP contribution in [-0.4, -0.2) is 73.3 Å². The van der Waals surface area contributed by atoms with E-state index in [2.05, 4.69) is 11.9 Å². The Hall–Kier alpha value is -2.66. The van der Waals surface area contributed by atoms with E-state index in [1.807, 2.05) is 65.6 Å². The molecule has 0 bridgehead atoms. The SMILES string of the molecule is CN1CCN(C(=O)CN(C)C(=O)C(c2ccccc2)c2ccccc2)CC1. The molecule has 2 aromatic carbocycles. The van der Waals surface area contributed by atoms with Crippen LogP contribution in [0.25, 0.3) is 0 Å². The van der Waals surface area contributed by atoms with Crippen molar-refractivity contribution < 1.29 is 9.59 Å². The van der Waals surface area contributed by atoms with E-state index in [-0.39, 0.29) is 18.4 Å². The highest BCUT2D eigenvalue weighted by molar-refractivity contribution is 5.90. The fourth-order valence-electron chi connectivity index (χ4n) is 3.43. The quantitative estimate of drug-likeness (QED) is 0.815. The third-order valence-electron chi connectivity index (χ3n) is 5.12. The molecule has 0 aliphatic carbocycles. The minimum atomic E-state index is -0.405. The molecule has 0 spiro atoms. The van der Waals surface area contributed by atoms with Crippen LogP contribution in [0.3, 0.4) is 0 Å². The molecule has 0 saturated carbocycles. The predicted molar refractivity (Wildman–Crippen MR) is 106 cm³/mol. The van der Waals surface area contributed by atoms with Gasteiger partial charge in [-0.1, -0.05) is 60.7 Å². The van der Waals surface area contributed by atoms with E-state index in [0.29, 0.717) is 0 Å². The summed E-state index contributed by atoms with van der Waals surface area (Å²) in [5.74, 6) is -0.452. The molecule has 1 heterocycles. The highest BCUT2D eigenvalue weighted by atomic mass is 16.2. The maximum absolute atomic E-state index is 13.3. The van der Waals surface area contributed by atoms with E-state index in [9.17, 15) is 9.59 Å². The molecule has 1 fully saturated rings. The van der Waals surface area contributed by atoms with Crippen molar-refractivity contribution in [2.45, 2.75) is 5.92 Å². The Morgan fingerprint density at radius 2 is 1.37 bits per heavy atom. The second-order valence-corrected chi connectivity index (χ2v) is 7.13. The number of hydrogen-bond acceptors (Lipinski definition) is 3. The van der Waals surface area contributed by atoms with E-state index in [0.717, 1.165) is 37.3 Å². The lowest BCUT2D eigenvalue weighted by Crippen LogP contribution is -2.50. The summed E-state index contributed by atoms with van der Waals surface area (Å²) < 4.78 is 0. The molecule has 1 aliphatic rings. The Kier molecular flexibility index (Phi) is 6.24. The minimum absolute atomic E-state index is 0.0128. The molecule has 1 aliphatic heterocycles. The summed E-state index contributed by atoms with van der Waals surface area (Å²) in [5, 5.41) is 0. The standard InChI is InChI=1S/C22H27N3O2/c1-23-13-15-25(16-14-23)20(26)17-24(2)22(27)21(18-9-5-3-6-10-18)19-11-7-4-8-12-19/h3-12,21H,13-17H2,1-2H3. The zero-order valence-electron chi connectivity index (χ0n) is 16.0. The lowest BCUT2D eigenvalue weighted by atomic mass is 9.90. The number of amides is 2. The number of nitrogens with zero attached hydrogens (tertiary/aromatic N) is 3. The number of benzene rings is 2. The highest BCUT2D eigenvalue weighted by Crippen LogP contribution is 2.26. The molecule has 1 saturated heterocycles. The van der Waals surface area contributed by atoms with Gasteiger partial charge < -0.3 is 14.7 Å². The molecule has 5 nitrogen and oxygen atoms in total. The summed E-state index contributed by atoms with van der Waals surface area (Å²) in [6.07, 6.45) is 0. The van der Waals surface area contributed by atoms with E-state index >= 15 is 0 Å². The van der Waals surface area contributed by atoms with Crippen molar-refractivity contribution >= 4 is 11.8 Å². The summed E-state index contributed by atoms with van der Waals surface area (Å²) in [5.41, 5.74) is 1.88. The molecular weight excluding hydrogens is 338 g/mol. The maximum Gasteiger partial charge on any atom is 0.242 e. The summed E-state index contributed by atoms with van der Waals surface area (Å²) in [7, 11) is 3.77. The van der Waals surface area contributed by atoms with Gasteiger partial charge in [0.25, 0.3) is 0 Å². The van der Waals surface area contributed by atoms with Crippen molar-refractivity contribution in [3.63, 3.8) is 0 Å². The lowest BCUT2D eigenvalue weighted by molar-refractivity contribution is -0.140. The Morgan fingerprint density at radius 3 is 1.85 bits per heavy atom. The summed E-state index contributed by atoms with van der Waals surface area (Å²) in [6.45, 7) is 3.30. The van der Waals surface area contributed by atoms with E-state index < -0.39 is 5.92 Å². The van der Waals surface area contributed by atoms with Gasteiger partial charge in [-0.3, -0.25) is 9.59 Å². The molecule has 5 heteroatoms. The smallest absolute Gasteiger partial charge is 0.242 e. The third kappa shape index (κ3) is 4.74. The van der Waals surface area contributed by atoms with Crippen LogP contribution in [0.2, 0.25) is 0 Å². The first-order valence-corrected chi connectivity index (χ1v) is 9.37. The fraction of sp³-hybridized carbons (Fsp3) is 0.364. The number of piperazine rings is 1. The molecule has 142 valence electrons. The maximum atomic E-state index is 13.3. The molecule has 0 atom stereocenters. The molecule has 2 amide bonds. The van der Waals surface area contributed by atoms with Gasteiger partial charge >= 0.3 is 0 Å². The third-order valence-corrected chi connectivity index (χ3v) is 5.12. The Morgan fingerprint density at radius 1 is 0.889 bits per heavy atom. The number of hydrogen-bond donors (Lipinski definition) is 0. The molecule has 2 aromatic rings. The van der Waals surface area contributed by atoms with E-state index in [1.54, 1.807) is 11.9 Å². The van der Waals surface area contributed by atoms with Gasteiger partial charge in [0.1, 0.15) is 0 Å². The van der Waals surface area contributed by atoms with Crippen molar-refractivity contribution in [2.24, 2.45) is 0 Å². The first-order valence-electron chi connectivity index (χ1n) is 9.37. The van der Waals surface area contributed by atoms with Crippen LogP contribution >= 0.6 is 0 Å². The monoisotopic (exact) mass is 365 g/mol. The predicted octanol–water partition coefficient (Wildman–Crippen LogP) is 2.05. The van der Waals surface area contributed by atoms with Gasteiger partial charge in [0.05, 0.1) is 12.5 Å². The molecule has 0 aromatic heterocycles. The van der Waals surface area contributed by atoms with Gasteiger partial charge in [-0.15, -0.1) is 0 Å². The largest absolute Gasteiger partial charge is 0.339 e. The van der Waals surface area contributed by atoms with Crippen molar-refractivity contribution in [1.29, 1.82) is 0 Å². The van der Waals surface area contributed by atoms with E-state index in [1.165, 1.54) is 0 Å². The van der Waals surface area contributed by atoms with Gasteiger partial charge in [0.2, 0.25) is 11.8 Å². The van der Waals surface area contributed by atoms with Crippen LogP contribution in [0, 0.1) is 0 Å². The van der Waals surface area contributed by atoms with Crippen LogP contribution in [0.1, 0.15) is 17.0 Å². The van der Waals surface area contributed by atoms with Crippen LogP contribution < -0.4 is 0 Å². The molecule has 0 N–H and O–H groups in total. The van der Waals surface area contributed by atoms with Gasteiger partial charge in [-0.25, -0.2) is 0 Å². The second kappa shape index (κ2) is 8.82. The van der Waals surface area contributed by atoms with Crippen molar-refractivity contribution in [3.8, 4) is 0 Å². The van der Waals surface area contributed by atoms with Crippen LogP contribution in [0.5, 0.6) is 0 Å². The van der Waals surface area contributed by atoms with E-state index in [4.69, 9.17) is 0 Å². The van der Waals surface area contributed by atoms with Crippen molar-refractivity contribution in [2.75, 3.05) is 46.8 Å². The normalized spacial score (nSPS) is 15.0. The van der Waals surface area contributed by atoms with Gasteiger partial charge in [0.15, 0.2) is 0 Å². The van der Waals surface area contributed by atoms with Gasteiger partial charge in [0, 0.05) is 33.2 Å². The zero-order chi connectivity index (χ0) is 19.2. The molecule has 27 heavy (non-hydrogen) atoms. The number of carbonyl (C=O) groups excluding carboxylic acids is 2. The van der Waals surface area contributed by atoms with Crippen molar-refractivity contribution in [3.05, 3.63) is 71.8 Å². The summed E-state index contributed by atoms with van der Waals surface area (Å²) in [6, 6.07) is 19.5. The van der Waals surface area contributed by atoms with Crippen LogP contribution in [-0.2, 0) is 9.59 Å². The Bertz CT molecular complexity index is 716. The average Bonchev–Trinajstić information content (AvgIpc) is 2.70. The minimum Gasteiger partial charge on any atom is -0.339 e. The summed E-state index contributed by atoms with van der Waals surface area (Å²) in [4.78, 5) is 31.5. The fourth-order valence-corrected chi connectivity index (χ4v) is 3.43.